The third kappa shape index (κ3) is 6.40. The standard InChI is InChI=1S/C21H24ClN3OS2/c22-17-6-4-16(5-7-17)15-28-14-2-12-23-21(27)24-18-8-10-19(11-9-18)25-13-1-3-20(25)26/h4-11H,1-3,12-15H2,(H2,23,24,27). The lowest BCUT2D eigenvalue weighted by Gasteiger charge is -2.16. The number of hydrogen-bond donors (Lipinski definition) is 2. The van der Waals surface area contributed by atoms with E-state index < -0.39 is 0 Å². The van der Waals surface area contributed by atoms with Crippen molar-refractivity contribution >= 4 is 58.0 Å². The minimum atomic E-state index is 0.201. The van der Waals surface area contributed by atoms with E-state index in [0.29, 0.717) is 11.5 Å². The summed E-state index contributed by atoms with van der Waals surface area (Å²) in [6.45, 7) is 1.64. The number of rotatable bonds is 8. The molecule has 28 heavy (non-hydrogen) atoms. The van der Waals surface area contributed by atoms with Crippen molar-refractivity contribution in [1.29, 1.82) is 0 Å². The molecule has 4 nitrogen and oxygen atoms in total. The second-order valence-corrected chi connectivity index (χ2v) is 8.56. The van der Waals surface area contributed by atoms with Crippen molar-refractivity contribution < 1.29 is 4.79 Å². The van der Waals surface area contributed by atoms with E-state index >= 15 is 0 Å². The second-order valence-electron chi connectivity index (χ2n) is 6.61. The number of benzene rings is 2. The monoisotopic (exact) mass is 433 g/mol. The van der Waals surface area contributed by atoms with Crippen LogP contribution in [0.5, 0.6) is 0 Å². The molecule has 2 aromatic rings. The van der Waals surface area contributed by atoms with Gasteiger partial charge in [0.1, 0.15) is 0 Å². The molecule has 7 heteroatoms. The first-order valence-electron chi connectivity index (χ1n) is 9.39. The lowest BCUT2D eigenvalue weighted by molar-refractivity contribution is -0.117. The van der Waals surface area contributed by atoms with E-state index in [1.807, 2.05) is 53.1 Å². The lowest BCUT2D eigenvalue weighted by atomic mass is 10.2. The van der Waals surface area contributed by atoms with Crippen LogP contribution in [0.25, 0.3) is 0 Å². The number of amides is 1. The van der Waals surface area contributed by atoms with Crippen LogP contribution in [0.2, 0.25) is 5.02 Å². The zero-order chi connectivity index (χ0) is 19.8. The molecule has 1 heterocycles. The minimum absolute atomic E-state index is 0.201. The molecule has 0 aliphatic carbocycles. The number of nitrogens with one attached hydrogen (secondary N) is 2. The Morgan fingerprint density at radius 1 is 1.14 bits per heavy atom. The largest absolute Gasteiger partial charge is 0.362 e. The highest BCUT2D eigenvalue weighted by molar-refractivity contribution is 7.98. The predicted molar refractivity (Wildman–Crippen MR) is 124 cm³/mol. The van der Waals surface area contributed by atoms with E-state index in [1.165, 1.54) is 5.56 Å². The number of halogens is 1. The van der Waals surface area contributed by atoms with Crippen LogP contribution in [0, 0.1) is 0 Å². The van der Waals surface area contributed by atoms with E-state index in [9.17, 15) is 4.79 Å². The average Bonchev–Trinajstić information content (AvgIpc) is 3.12. The molecule has 2 N–H and O–H groups in total. The summed E-state index contributed by atoms with van der Waals surface area (Å²) < 4.78 is 0. The number of carbonyl (C=O) groups is 1. The fourth-order valence-corrected chi connectivity index (χ4v) is 4.23. The Morgan fingerprint density at radius 3 is 2.57 bits per heavy atom. The molecule has 0 saturated carbocycles. The zero-order valence-electron chi connectivity index (χ0n) is 15.6. The highest BCUT2D eigenvalue weighted by Gasteiger charge is 2.21. The van der Waals surface area contributed by atoms with E-state index in [4.69, 9.17) is 23.8 Å². The Bertz CT molecular complexity index is 796. The fourth-order valence-electron chi connectivity index (χ4n) is 2.97. The predicted octanol–water partition coefficient (Wildman–Crippen LogP) is 5.08. The maximum atomic E-state index is 11.8. The van der Waals surface area contributed by atoms with E-state index in [-0.39, 0.29) is 5.91 Å². The molecular formula is C21H24ClN3OS2. The van der Waals surface area contributed by atoms with Crippen LogP contribution in [0.4, 0.5) is 11.4 Å². The Balaban J connectivity index is 1.31. The number of hydrogen-bond acceptors (Lipinski definition) is 3. The van der Waals surface area contributed by atoms with Gasteiger partial charge in [0.2, 0.25) is 5.91 Å². The quantitative estimate of drug-likeness (QED) is 0.449. The molecule has 1 fully saturated rings. The molecule has 0 spiro atoms. The summed E-state index contributed by atoms with van der Waals surface area (Å²) >= 11 is 13.2. The topological polar surface area (TPSA) is 44.4 Å². The number of thioether (sulfide) groups is 1. The highest BCUT2D eigenvalue weighted by Crippen LogP contribution is 2.23. The molecule has 148 valence electrons. The summed E-state index contributed by atoms with van der Waals surface area (Å²) in [5, 5.41) is 7.82. The van der Waals surface area contributed by atoms with Gasteiger partial charge in [-0.2, -0.15) is 11.8 Å². The van der Waals surface area contributed by atoms with Gasteiger partial charge in [0.25, 0.3) is 0 Å². The smallest absolute Gasteiger partial charge is 0.227 e. The van der Waals surface area contributed by atoms with Crippen LogP contribution in [-0.2, 0) is 10.5 Å². The van der Waals surface area contributed by atoms with E-state index in [1.54, 1.807) is 0 Å². The number of nitrogens with zero attached hydrogens (tertiary/aromatic N) is 1. The molecule has 0 bridgehead atoms. The summed E-state index contributed by atoms with van der Waals surface area (Å²) in [6.07, 6.45) is 2.62. The van der Waals surface area contributed by atoms with Crippen LogP contribution in [0.3, 0.4) is 0 Å². The van der Waals surface area contributed by atoms with Crippen LogP contribution in [-0.4, -0.2) is 29.9 Å². The molecule has 3 rings (SSSR count). The average molecular weight is 434 g/mol. The molecule has 1 aliphatic heterocycles. The van der Waals surface area contributed by atoms with Crippen molar-refractivity contribution in [3.63, 3.8) is 0 Å². The summed E-state index contributed by atoms with van der Waals surface area (Å²) in [7, 11) is 0. The van der Waals surface area contributed by atoms with Gasteiger partial charge in [-0.25, -0.2) is 0 Å². The molecule has 0 atom stereocenters. The SMILES string of the molecule is O=C1CCCN1c1ccc(NC(=S)NCCCSCc2ccc(Cl)cc2)cc1. The Labute approximate surface area is 181 Å². The third-order valence-electron chi connectivity index (χ3n) is 4.44. The van der Waals surface area contributed by atoms with Crippen molar-refractivity contribution in [3.05, 3.63) is 59.1 Å². The molecular weight excluding hydrogens is 410 g/mol. The fraction of sp³-hybridized carbons (Fsp3) is 0.333. The minimum Gasteiger partial charge on any atom is -0.362 e. The van der Waals surface area contributed by atoms with Gasteiger partial charge in [-0.3, -0.25) is 4.79 Å². The summed E-state index contributed by atoms with van der Waals surface area (Å²) in [5.41, 5.74) is 3.16. The van der Waals surface area contributed by atoms with Crippen LogP contribution >= 0.6 is 35.6 Å². The first-order valence-corrected chi connectivity index (χ1v) is 11.3. The Morgan fingerprint density at radius 2 is 1.89 bits per heavy atom. The van der Waals surface area contributed by atoms with Gasteiger partial charge in [-0.1, -0.05) is 23.7 Å². The highest BCUT2D eigenvalue weighted by atomic mass is 35.5. The van der Waals surface area contributed by atoms with Crippen molar-refractivity contribution in [2.24, 2.45) is 0 Å². The van der Waals surface area contributed by atoms with Crippen molar-refractivity contribution in [1.82, 2.24) is 5.32 Å². The first-order chi connectivity index (χ1) is 13.6. The van der Waals surface area contributed by atoms with Gasteiger partial charge in [0.15, 0.2) is 5.11 Å². The summed E-state index contributed by atoms with van der Waals surface area (Å²) in [6, 6.07) is 15.8. The van der Waals surface area contributed by atoms with Gasteiger partial charge in [-0.05, 0) is 72.8 Å². The Kier molecular flexibility index (Phi) is 8.01. The molecule has 1 saturated heterocycles. The number of anilines is 2. The second kappa shape index (κ2) is 10.7. The van der Waals surface area contributed by atoms with Gasteiger partial charge in [-0.15, -0.1) is 0 Å². The first kappa shape index (κ1) is 21.0. The molecule has 2 aromatic carbocycles. The third-order valence-corrected chi connectivity index (χ3v) is 6.06. The molecule has 1 amide bonds. The van der Waals surface area contributed by atoms with Gasteiger partial charge in [0.05, 0.1) is 0 Å². The number of carbonyl (C=O) groups excluding carboxylic acids is 1. The Hall–Kier alpha value is -1.76. The van der Waals surface area contributed by atoms with E-state index in [2.05, 4.69) is 22.8 Å². The van der Waals surface area contributed by atoms with Crippen molar-refractivity contribution in [2.75, 3.05) is 29.1 Å². The van der Waals surface area contributed by atoms with Crippen LogP contribution < -0.4 is 15.5 Å². The van der Waals surface area contributed by atoms with Gasteiger partial charge >= 0.3 is 0 Å². The lowest BCUT2D eigenvalue weighted by Crippen LogP contribution is -2.29. The molecule has 0 aromatic heterocycles. The van der Waals surface area contributed by atoms with Crippen LogP contribution in [0.1, 0.15) is 24.8 Å². The summed E-state index contributed by atoms with van der Waals surface area (Å²) in [5.74, 6) is 2.26. The number of thiocarbonyl (C=S) groups is 1. The summed E-state index contributed by atoms with van der Waals surface area (Å²) in [4.78, 5) is 13.6. The van der Waals surface area contributed by atoms with Crippen LogP contribution in [0.15, 0.2) is 48.5 Å². The van der Waals surface area contributed by atoms with Crippen molar-refractivity contribution in [3.8, 4) is 0 Å². The molecule has 0 radical (unpaired) electrons. The van der Waals surface area contributed by atoms with Gasteiger partial charge in [0, 0.05) is 41.7 Å². The van der Waals surface area contributed by atoms with Crippen molar-refractivity contribution in [2.45, 2.75) is 25.0 Å². The maximum Gasteiger partial charge on any atom is 0.227 e. The zero-order valence-corrected chi connectivity index (χ0v) is 18.0. The van der Waals surface area contributed by atoms with Gasteiger partial charge < -0.3 is 15.5 Å². The molecule has 0 unspecified atom stereocenters. The maximum absolute atomic E-state index is 11.8. The van der Waals surface area contributed by atoms with E-state index in [0.717, 1.165) is 53.8 Å². The molecule has 1 aliphatic rings. The normalized spacial score (nSPS) is 13.6.